The van der Waals surface area contributed by atoms with Crippen LogP contribution in [0.4, 0.5) is 10.1 Å². The molecule has 0 radical (unpaired) electrons. The molecule has 0 saturated heterocycles. The molecule has 1 heterocycles. The van der Waals surface area contributed by atoms with Crippen molar-refractivity contribution in [1.29, 1.82) is 0 Å². The van der Waals surface area contributed by atoms with Crippen molar-refractivity contribution in [3.8, 4) is 11.5 Å². The largest absolute Gasteiger partial charge is 0.436 e. The third kappa shape index (κ3) is 3.59. The Kier molecular flexibility index (Phi) is 4.62. The van der Waals surface area contributed by atoms with Gasteiger partial charge in [0.15, 0.2) is 5.58 Å². The highest BCUT2D eigenvalue weighted by molar-refractivity contribution is 6.76. The topological polar surface area (TPSA) is 55.1 Å². The van der Waals surface area contributed by atoms with Crippen LogP contribution in [-0.2, 0) is 4.79 Å². The fourth-order valence-corrected chi connectivity index (χ4v) is 2.38. The monoisotopic (exact) mass is 406 g/mol. The Morgan fingerprint density at radius 2 is 1.92 bits per heavy atom. The number of benzene rings is 2. The predicted molar refractivity (Wildman–Crippen MR) is 93.3 cm³/mol. The molecule has 3 aromatic rings. The molecular weight excluding hydrogens is 401 g/mol. The maximum Gasteiger partial charge on any atom is 0.276 e. The zero-order valence-electron chi connectivity index (χ0n) is 11.6. The molecule has 1 aromatic heterocycles. The average Bonchev–Trinajstić information content (AvgIpc) is 2.88. The van der Waals surface area contributed by atoms with Crippen LogP contribution < -0.4 is 5.32 Å². The smallest absolute Gasteiger partial charge is 0.276 e. The molecule has 9 heteroatoms. The number of halogens is 5. The number of nitrogens with one attached hydrogen (secondary N) is 1. The molecule has 1 N–H and O–H groups in total. The molecule has 0 bridgehead atoms. The predicted octanol–water partition coefficient (Wildman–Crippen LogP) is 5.60. The minimum absolute atomic E-state index is 0.172. The molecule has 24 heavy (non-hydrogen) atoms. The Balaban J connectivity index is 1.96. The lowest BCUT2D eigenvalue weighted by Gasteiger charge is -2.10. The lowest BCUT2D eigenvalue weighted by atomic mass is 10.2. The summed E-state index contributed by atoms with van der Waals surface area (Å²) in [6, 6.07) is 8.60. The number of fused-ring (bicyclic) bond motifs is 1. The number of carbonyl (C=O) groups is 1. The van der Waals surface area contributed by atoms with Gasteiger partial charge in [0, 0.05) is 5.69 Å². The van der Waals surface area contributed by atoms with Crippen molar-refractivity contribution in [2.24, 2.45) is 0 Å². The zero-order chi connectivity index (χ0) is 17.5. The first-order valence-corrected chi connectivity index (χ1v) is 7.99. The first-order valence-electron chi connectivity index (χ1n) is 6.48. The highest BCUT2D eigenvalue weighted by Gasteiger charge is 2.30. The highest BCUT2D eigenvalue weighted by Crippen LogP contribution is 2.32. The second kappa shape index (κ2) is 6.41. The summed E-state index contributed by atoms with van der Waals surface area (Å²) in [6.07, 6.45) is 0. The van der Waals surface area contributed by atoms with Gasteiger partial charge in [-0.15, -0.1) is 0 Å². The Morgan fingerprint density at radius 1 is 1.17 bits per heavy atom. The van der Waals surface area contributed by atoms with Gasteiger partial charge in [0.25, 0.3) is 9.70 Å². The van der Waals surface area contributed by atoms with E-state index < -0.39 is 15.5 Å². The van der Waals surface area contributed by atoms with E-state index in [-0.39, 0.29) is 10.9 Å². The molecule has 4 nitrogen and oxygen atoms in total. The summed E-state index contributed by atoms with van der Waals surface area (Å²) >= 11 is 22.5. The normalized spacial score (nSPS) is 11.7. The summed E-state index contributed by atoms with van der Waals surface area (Å²) < 4.78 is 16.6. The van der Waals surface area contributed by atoms with Crippen LogP contribution in [0.25, 0.3) is 22.6 Å². The molecule has 124 valence electrons. The number of amides is 1. The van der Waals surface area contributed by atoms with Crippen LogP contribution in [0.15, 0.2) is 40.8 Å². The van der Waals surface area contributed by atoms with Crippen LogP contribution in [0.1, 0.15) is 0 Å². The van der Waals surface area contributed by atoms with Gasteiger partial charge >= 0.3 is 0 Å². The van der Waals surface area contributed by atoms with E-state index in [4.69, 9.17) is 50.8 Å². The van der Waals surface area contributed by atoms with Gasteiger partial charge < -0.3 is 9.73 Å². The lowest BCUT2D eigenvalue weighted by molar-refractivity contribution is -0.115. The van der Waals surface area contributed by atoms with Crippen LogP contribution in [0, 0.1) is 5.82 Å². The summed E-state index contributed by atoms with van der Waals surface area (Å²) in [4.78, 5) is 15.9. The molecule has 0 aliphatic rings. The van der Waals surface area contributed by atoms with Crippen molar-refractivity contribution in [3.05, 3.63) is 47.2 Å². The van der Waals surface area contributed by atoms with Gasteiger partial charge in [-0.25, -0.2) is 9.37 Å². The highest BCUT2D eigenvalue weighted by atomic mass is 35.6. The number of anilines is 1. The molecule has 3 rings (SSSR count). The Bertz CT molecular complexity index is 937. The fourth-order valence-electron chi connectivity index (χ4n) is 1.99. The Morgan fingerprint density at radius 3 is 2.58 bits per heavy atom. The summed E-state index contributed by atoms with van der Waals surface area (Å²) in [5.41, 5.74) is 1.73. The minimum Gasteiger partial charge on any atom is -0.436 e. The van der Waals surface area contributed by atoms with E-state index in [1.54, 1.807) is 18.2 Å². The van der Waals surface area contributed by atoms with E-state index in [1.165, 1.54) is 18.2 Å². The molecule has 0 spiro atoms. The molecule has 0 unspecified atom stereocenters. The van der Waals surface area contributed by atoms with Crippen LogP contribution in [-0.4, -0.2) is 14.7 Å². The number of nitrogens with zero attached hydrogens (tertiary/aromatic N) is 1. The number of aromatic nitrogens is 1. The van der Waals surface area contributed by atoms with Gasteiger partial charge in [0.2, 0.25) is 5.89 Å². The number of oxazole rings is 1. The molecule has 0 fully saturated rings. The van der Waals surface area contributed by atoms with E-state index >= 15 is 0 Å². The summed E-state index contributed by atoms with van der Waals surface area (Å²) in [6.45, 7) is 0. The van der Waals surface area contributed by atoms with Crippen LogP contribution in [0.5, 0.6) is 0 Å². The molecule has 0 atom stereocenters. The van der Waals surface area contributed by atoms with E-state index in [0.29, 0.717) is 22.4 Å². The molecule has 0 saturated carbocycles. The minimum atomic E-state index is -2.08. The van der Waals surface area contributed by atoms with Gasteiger partial charge in [-0.05, 0) is 36.4 Å². The molecule has 2 aromatic carbocycles. The Hall–Kier alpha value is -1.53. The number of hydrogen-bond donors (Lipinski definition) is 1. The number of alkyl halides is 3. The van der Waals surface area contributed by atoms with Crippen molar-refractivity contribution in [2.45, 2.75) is 3.79 Å². The van der Waals surface area contributed by atoms with Gasteiger partial charge in [0.1, 0.15) is 11.3 Å². The average molecular weight is 408 g/mol. The van der Waals surface area contributed by atoms with Gasteiger partial charge in [-0.2, -0.15) is 0 Å². The summed E-state index contributed by atoms with van der Waals surface area (Å²) in [5.74, 6) is -1.03. The Labute approximate surface area is 155 Å². The first-order chi connectivity index (χ1) is 11.2. The van der Waals surface area contributed by atoms with Gasteiger partial charge in [-0.1, -0.05) is 46.4 Å². The summed E-state index contributed by atoms with van der Waals surface area (Å²) in [7, 11) is 0. The van der Waals surface area contributed by atoms with Crippen molar-refractivity contribution in [1.82, 2.24) is 4.98 Å². The summed E-state index contributed by atoms with van der Waals surface area (Å²) in [5, 5.41) is 2.62. The molecule has 1 amide bonds. The maximum absolute atomic E-state index is 13.1. The lowest BCUT2D eigenvalue weighted by Crippen LogP contribution is -2.26. The van der Waals surface area contributed by atoms with Crippen molar-refractivity contribution in [3.63, 3.8) is 0 Å². The third-order valence-corrected chi connectivity index (χ3v) is 3.89. The van der Waals surface area contributed by atoms with Crippen LogP contribution >= 0.6 is 46.4 Å². The van der Waals surface area contributed by atoms with E-state index in [9.17, 15) is 9.18 Å². The zero-order valence-corrected chi connectivity index (χ0v) is 14.6. The van der Waals surface area contributed by atoms with E-state index in [1.807, 2.05) is 0 Å². The van der Waals surface area contributed by atoms with E-state index in [0.717, 1.165) is 0 Å². The number of carbonyl (C=O) groups excluding carboxylic acids is 1. The van der Waals surface area contributed by atoms with Gasteiger partial charge in [-0.3, -0.25) is 4.79 Å². The van der Waals surface area contributed by atoms with Gasteiger partial charge in [0.05, 0.1) is 10.6 Å². The second-order valence-electron chi connectivity index (χ2n) is 4.78. The standard InChI is InChI=1S/C15H7Cl4FN2O2/c16-10-5-7(20)1-3-9(10)13-22-11-6-8(2-4-12(11)24-13)21-14(23)15(17,18)19/h1-6H,(H,21,23). The second-order valence-corrected chi connectivity index (χ2v) is 7.47. The SMILES string of the molecule is O=C(Nc1ccc2oc(-c3ccc(F)cc3Cl)nc2c1)C(Cl)(Cl)Cl. The van der Waals surface area contributed by atoms with E-state index in [2.05, 4.69) is 10.3 Å². The van der Waals surface area contributed by atoms with Crippen LogP contribution in [0.2, 0.25) is 5.02 Å². The first kappa shape index (κ1) is 17.3. The third-order valence-electron chi connectivity index (χ3n) is 3.06. The number of hydrogen-bond acceptors (Lipinski definition) is 3. The van der Waals surface area contributed by atoms with Crippen molar-refractivity contribution < 1.29 is 13.6 Å². The van der Waals surface area contributed by atoms with Crippen molar-refractivity contribution in [2.75, 3.05) is 5.32 Å². The number of rotatable bonds is 2. The van der Waals surface area contributed by atoms with Crippen molar-refractivity contribution >= 4 is 69.1 Å². The maximum atomic E-state index is 13.1. The molecular formula is C15H7Cl4FN2O2. The van der Waals surface area contributed by atoms with Crippen LogP contribution in [0.3, 0.4) is 0 Å². The quantitative estimate of drug-likeness (QED) is 0.562. The molecule has 0 aliphatic heterocycles. The molecule has 0 aliphatic carbocycles. The fraction of sp³-hybridized carbons (Fsp3) is 0.0667.